The minimum absolute atomic E-state index is 0.120. The molecule has 0 aliphatic heterocycles. The average Bonchev–Trinajstić information content (AvgIpc) is 2.15. The molecule has 0 rings (SSSR count). The largest absolute Gasteiger partial charge is 0.449 e. The molecule has 0 unspecified atom stereocenters. The normalized spacial score (nSPS) is 9.21. The molecule has 0 aliphatic rings. The Balaban J connectivity index is 3.39. The van der Waals surface area contributed by atoms with Crippen LogP contribution >= 0.6 is 11.6 Å². The van der Waals surface area contributed by atoms with Crippen molar-refractivity contribution in [2.45, 2.75) is 19.3 Å². The number of hydrogen-bond acceptors (Lipinski definition) is 4. The first kappa shape index (κ1) is 12.9. The molecule has 0 saturated heterocycles. The van der Waals surface area contributed by atoms with Gasteiger partial charge >= 0.3 is 5.97 Å². The highest BCUT2D eigenvalue weighted by Crippen LogP contribution is 1.98. The maximum atomic E-state index is 10.9. The van der Waals surface area contributed by atoms with Crippen LogP contribution in [0.3, 0.4) is 0 Å². The Morgan fingerprint density at radius 3 is 2.64 bits per heavy atom. The highest BCUT2D eigenvalue weighted by Gasteiger charge is 2.04. The summed E-state index contributed by atoms with van der Waals surface area (Å²) in [7, 11) is 0. The molecule has 5 nitrogen and oxygen atoms in total. The predicted molar refractivity (Wildman–Crippen MR) is 49.4 cm³/mol. The van der Waals surface area contributed by atoms with E-state index < -0.39 is 5.97 Å². The van der Waals surface area contributed by atoms with E-state index in [1.165, 1.54) is 6.29 Å². The molecule has 1 amide bonds. The molecule has 1 radical (unpaired) electrons. The first-order valence-electron chi connectivity index (χ1n) is 4.04. The standard InChI is InChI=1S/C8H11ClNO4/c9-6-14-8(13)3-1-2-7(12)10-4-5-11/h1-4,6H2,(H,10,12). The number of nitrogens with one attached hydrogen (secondary N) is 1. The Labute approximate surface area is 86.7 Å². The predicted octanol–water partition coefficient (Wildman–Crippen LogP) is 0.122. The molecule has 0 aliphatic carbocycles. The van der Waals surface area contributed by atoms with Crippen LogP contribution in [-0.4, -0.2) is 30.8 Å². The summed E-state index contributed by atoms with van der Waals surface area (Å²) < 4.78 is 4.44. The monoisotopic (exact) mass is 220 g/mol. The molecule has 0 aromatic carbocycles. The summed E-state index contributed by atoms with van der Waals surface area (Å²) in [6, 6.07) is -0.175. The topological polar surface area (TPSA) is 72.5 Å². The van der Waals surface area contributed by atoms with E-state index in [0.29, 0.717) is 6.42 Å². The Bertz CT molecular complexity index is 208. The quantitative estimate of drug-likeness (QED) is 0.489. The molecular formula is C8H11ClNO4. The van der Waals surface area contributed by atoms with Crippen LogP contribution in [0.1, 0.15) is 19.3 Å². The summed E-state index contributed by atoms with van der Waals surface area (Å²) in [5.41, 5.74) is 0. The van der Waals surface area contributed by atoms with Crippen LogP contribution < -0.4 is 5.32 Å². The number of ether oxygens (including phenoxy) is 1. The van der Waals surface area contributed by atoms with E-state index in [4.69, 9.17) is 11.6 Å². The van der Waals surface area contributed by atoms with Crippen molar-refractivity contribution in [2.24, 2.45) is 0 Å². The van der Waals surface area contributed by atoms with Gasteiger partial charge in [-0.2, -0.15) is 0 Å². The maximum Gasteiger partial charge on any atom is 0.306 e. The fraction of sp³-hybridized carbons (Fsp3) is 0.625. The number of alkyl halides is 1. The fourth-order valence-electron chi connectivity index (χ4n) is 0.749. The molecule has 79 valence electrons. The molecule has 0 bridgehead atoms. The van der Waals surface area contributed by atoms with Gasteiger partial charge in [-0.15, -0.1) is 0 Å². The van der Waals surface area contributed by atoms with Gasteiger partial charge in [0.15, 0.2) is 6.07 Å². The lowest BCUT2D eigenvalue weighted by atomic mass is 10.2. The Kier molecular flexibility index (Phi) is 7.83. The molecule has 0 aromatic heterocycles. The minimum Gasteiger partial charge on any atom is -0.449 e. The fourth-order valence-corrected chi connectivity index (χ4v) is 0.871. The second kappa shape index (κ2) is 8.50. The van der Waals surface area contributed by atoms with Gasteiger partial charge in [0.1, 0.15) is 0 Å². The Morgan fingerprint density at radius 2 is 2.07 bits per heavy atom. The molecule has 0 fully saturated rings. The Morgan fingerprint density at radius 1 is 1.36 bits per heavy atom. The van der Waals surface area contributed by atoms with Crippen LogP contribution in [0.5, 0.6) is 0 Å². The molecule has 0 atom stereocenters. The smallest absolute Gasteiger partial charge is 0.306 e. The third-order valence-corrected chi connectivity index (χ3v) is 1.47. The summed E-state index contributed by atoms with van der Waals surface area (Å²) in [4.78, 5) is 31.4. The number of esters is 1. The zero-order valence-corrected chi connectivity index (χ0v) is 8.30. The van der Waals surface area contributed by atoms with Crippen LogP contribution in [0.2, 0.25) is 0 Å². The molecular weight excluding hydrogens is 210 g/mol. The molecule has 0 saturated carbocycles. The number of halogens is 1. The van der Waals surface area contributed by atoms with Gasteiger partial charge in [-0.1, -0.05) is 11.6 Å². The van der Waals surface area contributed by atoms with Crippen molar-refractivity contribution in [1.29, 1.82) is 0 Å². The summed E-state index contributed by atoms with van der Waals surface area (Å²) >= 11 is 5.14. The van der Waals surface area contributed by atoms with Gasteiger partial charge in [0, 0.05) is 12.8 Å². The van der Waals surface area contributed by atoms with Gasteiger partial charge in [0.2, 0.25) is 12.2 Å². The van der Waals surface area contributed by atoms with Crippen LogP contribution in [-0.2, 0) is 19.1 Å². The molecule has 14 heavy (non-hydrogen) atoms. The van der Waals surface area contributed by atoms with Gasteiger partial charge in [-0.05, 0) is 6.42 Å². The van der Waals surface area contributed by atoms with Gasteiger partial charge in [0.05, 0.1) is 6.54 Å². The summed E-state index contributed by atoms with van der Waals surface area (Å²) in [5, 5.41) is 2.30. The zero-order valence-electron chi connectivity index (χ0n) is 7.55. The van der Waals surface area contributed by atoms with E-state index in [2.05, 4.69) is 10.1 Å². The van der Waals surface area contributed by atoms with E-state index in [1.54, 1.807) is 0 Å². The number of carbonyl (C=O) groups is 2. The van der Waals surface area contributed by atoms with Crippen molar-refractivity contribution in [1.82, 2.24) is 5.32 Å². The molecule has 6 heteroatoms. The van der Waals surface area contributed by atoms with Gasteiger partial charge in [0.25, 0.3) is 0 Å². The Hall–Kier alpha value is -1.10. The zero-order chi connectivity index (χ0) is 10.8. The second-order valence-electron chi connectivity index (χ2n) is 2.40. The lowest BCUT2D eigenvalue weighted by Crippen LogP contribution is -2.24. The molecule has 1 N–H and O–H groups in total. The number of hydrogen-bond donors (Lipinski definition) is 1. The maximum absolute atomic E-state index is 10.9. The third-order valence-electron chi connectivity index (χ3n) is 1.36. The lowest BCUT2D eigenvalue weighted by Gasteiger charge is -2.01. The highest BCUT2D eigenvalue weighted by molar-refractivity contribution is 6.17. The number of rotatable bonds is 7. The summed E-state index contributed by atoms with van der Waals surface area (Å²) in [5.74, 6) is -0.721. The molecule has 0 heterocycles. The first-order valence-corrected chi connectivity index (χ1v) is 4.57. The third kappa shape index (κ3) is 7.54. The molecule has 0 spiro atoms. The minimum atomic E-state index is -0.435. The number of carbonyl (C=O) groups excluding carboxylic acids is 3. The van der Waals surface area contributed by atoms with E-state index in [1.807, 2.05) is 0 Å². The van der Waals surface area contributed by atoms with Crippen LogP contribution in [0.4, 0.5) is 0 Å². The second-order valence-corrected chi connectivity index (χ2v) is 2.62. The summed E-state index contributed by atoms with van der Waals surface area (Å²) in [6.07, 6.45) is 2.23. The first-order chi connectivity index (χ1) is 6.70. The van der Waals surface area contributed by atoms with E-state index in [9.17, 15) is 14.4 Å². The van der Waals surface area contributed by atoms with Gasteiger partial charge < -0.3 is 10.1 Å². The SMILES string of the molecule is O=[C]CNC(=O)CCCC(=O)OCCl. The average molecular weight is 221 g/mol. The van der Waals surface area contributed by atoms with Crippen molar-refractivity contribution in [3.63, 3.8) is 0 Å². The van der Waals surface area contributed by atoms with E-state index >= 15 is 0 Å². The van der Waals surface area contributed by atoms with Crippen LogP contribution in [0.25, 0.3) is 0 Å². The van der Waals surface area contributed by atoms with Crippen molar-refractivity contribution >= 4 is 29.8 Å². The van der Waals surface area contributed by atoms with E-state index in [0.717, 1.165) is 0 Å². The van der Waals surface area contributed by atoms with E-state index in [-0.39, 0.29) is 31.4 Å². The lowest BCUT2D eigenvalue weighted by molar-refractivity contribution is -0.141. The highest BCUT2D eigenvalue weighted by atomic mass is 35.5. The van der Waals surface area contributed by atoms with Gasteiger partial charge in [-0.3, -0.25) is 14.4 Å². The van der Waals surface area contributed by atoms with Gasteiger partial charge in [-0.25, -0.2) is 0 Å². The van der Waals surface area contributed by atoms with Crippen LogP contribution in [0, 0.1) is 0 Å². The van der Waals surface area contributed by atoms with Crippen LogP contribution in [0.15, 0.2) is 0 Å². The van der Waals surface area contributed by atoms with Crippen molar-refractivity contribution in [3.05, 3.63) is 0 Å². The summed E-state index contributed by atoms with van der Waals surface area (Å²) in [6.45, 7) is -0.120. The molecule has 0 aromatic rings. The number of amides is 1. The van der Waals surface area contributed by atoms with Crippen molar-refractivity contribution in [2.75, 3.05) is 12.6 Å². The van der Waals surface area contributed by atoms with Crippen molar-refractivity contribution in [3.8, 4) is 0 Å². The van der Waals surface area contributed by atoms with Crippen molar-refractivity contribution < 1.29 is 19.1 Å².